The number of likely N-dealkylation sites (tertiary alicyclic amines) is 1. The number of nitrogens with zero attached hydrogens (tertiary/aromatic N) is 1. The fourth-order valence-electron chi connectivity index (χ4n) is 2.19. The van der Waals surface area contributed by atoms with E-state index in [4.69, 9.17) is 0 Å². The van der Waals surface area contributed by atoms with Crippen LogP contribution in [-0.4, -0.2) is 41.1 Å². The lowest BCUT2D eigenvalue weighted by atomic mass is 9.83. The molecular weight excluding hydrogens is 266 g/mol. The molecule has 1 aromatic carbocycles. The third-order valence-corrected chi connectivity index (χ3v) is 3.64. The first-order valence-electron chi connectivity index (χ1n) is 6.50. The van der Waals surface area contributed by atoms with Crippen LogP contribution in [0.15, 0.2) is 18.2 Å². The highest BCUT2D eigenvalue weighted by molar-refractivity contribution is 5.92. The number of amides is 1. The molecule has 0 spiro atoms. The zero-order chi connectivity index (χ0) is 14.9. The molecule has 2 N–H and O–H groups in total. The number of carbonyl (C=O) groups excluding carboxylic acids is 1. The molecule has 0 aliphatic carbocycles. The number of rotatable bonds is 4. The maximum Gasteiger partial charge on any atom is 0.238 e. The second-order valence-electron chi connectivity index (χ2n) is 5.58. The number of carbonyl (C=O) groups is 1. The summed E-state index contributed by atoms with van der Waals surface area (Å²) in [6.45, 7) is 4.69. The third kappa shape index (κ3) is 3.13. The number of anilines is 1. The summed E-state index contributed by atoms with van der Waals surface area (Å²) in [7, 11) is 0. The van der Waals surface area contributed by atoms with Gasteiger partial charge in [0.05, 0.1) is 17.8 Å². The minimum atomic E-state index is -0.760. The summed E-state index contributed by atoms with van der Waals surface area (Å²) in [6.07, 6.45) is 0. The Kier molecular flexibility index (Phi) is 4.06. The smallest absolute Gasteiger partial charge is 0.238 e. The third-order valence-electron chi connectivity index (χ3n) is 3.64. The van der Waals surface area contributed by atoms with Crippen molar-refractivity contribution in [2.75, 3.05) is 25.0 Å². The van der Waals surface area contributed by atoms with E-state index in [1.54, 1.807) is 4.90 Å². The van der Waals surface area contributed by atoms with Crippen LogP contribution < -0.4 is 5.32 Å². The van der Waals surface area contributed by atoms with E-state index in [2.05, 4.69) is 5.32 Å². The molecule has 1 saturated heterocycles. The van der Waals surface area contributed by atoms with Crippen molar-refractivity contribution in [3.8, 4) is 0 Å². The van der Waals surface area contributed by atoms with Crippen LogP contribution in [0.4, 0.5) is 14.5 Å². The fraction of sp³-hybridized carbons (Fsp3) is 0.500. The minimum absolute atomic E-state index is 0.0466. The van der Waals surface area contributed by atoms with Crippen LogP contribution in [-0.2, 0) is 4.79 Å². The summed E-state index contributed by atoms with van der Waals surface area (Å²) in [4.78, 5) is 13.5. The zero-order valence-corrected chi connectivity index (χ0v) is 11.5. The van der Waals surface area contributed by atoms with E-state index in [1.807, 2.05) is 13.8 Å². The van der Waals surface area contributed by atoms with Crippen LogP contribution in [0.25, 0.3) is 0 Å². The normalized spacial score (nSPS) is 17.9. The topological polar surface area (TPSA) is 52.6 Å². The Bertz CT molecular complexity index is 514. The first kappa shape index (κ1) is 14.9. The van der Waals surface area contributed by atoms with Crippen LogP contribution in [0.5, 0.6) is 0 Å². The van der Waals surface area contributed by atoms with Gasteiger partial charge in [0.1, 0.15) is 11.6 Å². The van der Waals surface area contributed by atoms with Crippen LogP contribution in [0.1, 0.15) is 13.8 Å². The molecule has 1 amide bonds. The Hall–Kier alpha value is -1.53. The number of β-amino-alcohol motifs (C(OH)–C–C–N with tert-alkyl or cyclic N) is 1. The van der Waals surface area contributed by atoms with Gasteiger partial charge in [-0.15, -0.1) is 0 Å². The number of hydrogen-bond donors (Lipinski definition) is 2. The molecule has 1 fully saturated rings. The highest BCUT2D eigenvalue weighted by atomic mass is 19.1. The van der Waals surface area contributed by atoms with Gasteiger partial charge in [0, 0.05) is 19.2 Å². The summed E-state index contributed by atoms with van der Waals surface area (Å²) in [5.74, 6) is -1.61. The summed E-state index contributed by atoms with van der Waals surface area (Å²) in [5, 5.41) is 12.4. The summed E-state index contributed by atoms with van der Waals surface area (Å²) >= 11 is 0. The molecule has 1 aromatic rings. The van der Waals surface area contributed by atoms with Gasteiger partial charge in [0.25, 0.3) is 0 Å². The van der Waals surface area contributed by atoms with Gasteiger partial charge in [-0.05, 0) is 18.1 Å². The number of benzene rings is 1. The summed E-state index contributed by atoms with van der Waals surface area (Å²) < 4.78 is 26.3. The number of halogens is 2. The van der Waals surface area contributed by atoms with Crippen molar-refractivity contribution >= 4 is 11.6 Å². The van der Waals surface area contributed by atoms with E-state index in [1.165, 1.54) is 0 Å². The number of hydrogen-bond acceptors (Lipinski definition) is 3. The van der Waals surface area contributed by atoms with Gasteiger partial charge in [-0.3, -0.25) is 9.69 Å². The van der Waals surface area contributed by atoms with E-state index in [9.17, 15) is 18.7 Å². The lowest BCUT2D eigenvalue weighted by molar-refractivity contribution is -0.139. The second kappa shape index (κ2) is 5.46. The van der Waals surface area contributed by atoms with Crippen LogP contribution in [0, 0.1) is 17.6 Å². The predicted octanol–water partition coefficient (Wildman–Crippen LogP) is 1.61. The lowest BCUT2D eigenvalue weighted by Gasteiger charge is -2.48. The Morgan fingerprint density at radius 1 is 1.45 bits per heavy atom. The Morgan fingerprint density at radius 3 is 2.70 bits per heavy atom. The van der Waals surface area contributed by atoms with Crippen molar-refractivity contribution in [2.24, 2.45) is 5.92 Å². The quantitative estimate of drug-likeness (QED) is 0.883. The van der Waals surface area contributed by atoms with Gasteiger partial charge in [-0.2, -0.15) is 0 Å². The largest absolute Gasteiger partial charge is 0.387 e. The molecule has 0 unspecified atom stereocenters. The fourth-order valence-corrected chi connectivity index (χ4v) is 2.19. The second-order valence-corrected chi connectivity index (χ2v) is 5.58. The van der Waals surface area contributed by atoms with Gasteiger partial charge in [0.2, 0.25) is 5.91 Å². The SMILES string of the molecule is CC(C)C1(O)CN(CC(=O)Nc2cc(F)ccc2F)C1. The van der Waals surface area contributed by atoms with Crippen LogP contribution in [0.2, 0.25) is 0 Å². The van der Waals surface area contributed by atoms with E-state index in [0.29, 0.717) is 13.1 Å². The maximum absolute atomic E-state index is 13.4. The molecule has 0 aromatic heterocycles. The molecule has 1 aliphatic rings. The van der Waals surface area contributed by atoms with Crippen LogP contribution in [0.3, 0.4) is 0 Å². The van der Waals surface area contributed by atoms with Gasteiger partial charge in [-0.1, -0.05) is 13.8 Å². The molecule has 20 heavy (non-hydrogen) atoms. The van der Waals surface area contributed by atoms with E-state index >= 15 is 0 Å². The molecule has 110 valence electrons. The Morgan fingerprint density at radius 2 is 2.10 bits per heavy atom. The molecule has 0 radical (unpaired) electrons. The summed E-state index contributed by atoms with van der Waals surface area (Å²) in [5.41, 5.74) is -0.931. The molecule has 0 atom stereocenters. The molecular formula is C14H18F2N2O2. The molecule has 1 aliphatic heterocycles. The van der Waals surface area contributed by atoms with E-state index in [0.717, 1.165) is 18.2 Å². The molecule has 1 heterocycles. The van der Waals surface area contributed by atoms with Crippen LogP contribution >= 0.6 is 0 Å². The van der Waals surface area contributed by atoms with Crippen molar-refractivity contribution in [1.82, 2.24) is 4.90 Å². The first-order valence-corrected chi connectivity index (χ1v) is 6.50. The van der Waals surface area contributed by atoms with Gasteiger partial charge in [0.15, 0.2) is 0 Å². The zero-order valence-electron chi connectivity index (χ0n) is 11.5. The van der Waals surface area contributed by atoms with Crippen molar-refractivity contribution in [3.05, 3.63) is 29.8 Å². The van der Waals surface area contributed by atoms with E-state index < -0.39 is 23.1 Å². The number of aliphatic hydroxyl groups is 1. The Labute approximate surface area is 116 Å². The summed E-state index contributed by atoms with van der Waals surface area (Å²) in [6, 6.07) is 2.89. The molecule has 2 rings (SSSR count). The first-order chi connectivity index (χ1) is 9.30. The van der Waals surface area contributed by atoms with Crippen molar-refractivity contribution in [3.63, 3.8) is 0 Å². The highest BCUT2D eigenvalue weighted by Gasteiger charge is 2.43. The average Bonchev–Trinajstić information content (AvgIpc) is 2.31. The maximum atomic E-state index is 13.4. The standard InChI is InChI=1S/C14H18F2N2O2/c1-9(2)14(20)7-18(8-14)6-13(19)17-12-5-10(15)3-4-11(12)16/h3-5,9,20H,6-8H2,1-2H3,(H,17,19). The molecule has 0 bridgehead atoms. The van der Waals surface area contributed by atoms with Gasteiger partial charge in [-0.25, -0.2) is 8.78 Å². The molecule has 6 heteroatoms. The van der Waals surface area contributed by atoms with Gasteiger partial charge < -0.3 is 10.4 Å². The molecule has 4 nitrogen and oxygen atoms in total. The monoisotopic (exact) mass is 284 g/mol. The van der Waals surface area contributed by atoms with E-state index in [-0.39, 0.29) is 18.2 Å². The average molecular weight is 284 g/mol. The molecule has 0 saturated carbocycles. The van der Waals surface area contributed by atoms with Crippen molar-refractivity contribution < 1.29 is 18.7 Å². The number of nitrogens with one attached hydrogen (secondary N) is 1. The van der Waals surface area contributed by atoms with Gasteiger partial charge >= 0.3 is 0 Å². The van der Waals surface area contributed by atoms with Crippen molar-refractivity contribution in [2.45, 2.75) is 19.4 Å². The lowest BCUT2D eigenvalue weighted by Crippen LogP contribution is -2.65. The van der Waals surface area contributed by atoms with Crippen molar-refractivity contribution in [1.29, 1.82) is 0 Å². The minimum Gasteiger partial charge on any atom is -0.387 e. The Balaban J connectivity index is 1.87. The predicted molar refractivity (Wildman–Crippen MR) is 71.2 cm³/mol. The highest BCUT2D eigenvalue weighted by Crippen LogP contribution is 2.28.